The lowest BCUT2D eigenvalue weighted by Gasteiger charge is -2.44. The molecule has 4 nitrogen and oxygen atoms in total. The summed E-state index contributed by atoms with van der Waals surface area (Å²) in [5, 5.41) is 0.772. The summed E-state index contributed by atoms with van der Waals surface area (Å²) >= 11 is 13.9. The van der Waals surface area contributed by atoms with Crippen LogP contribution >= 0.6 is 43.5 Å². The molecule has 7 rings (SSSR count). The number of pyridine rings is 1. The van der Waals surface area contributed by atoms with Crippen LogP contribution in [-0.2, 0) is 22.4 Å². The molecule has 4 fully saturated rings. The number of likely N-dealkylation sites (tertiary alicyclic amines) is 1. The first-order valence-corrected chi connectivity index (χ1v) is 14.5. The number of aromatic nitrogens is 1. The maximum atomic E-state index is 13.4. The minimum Gasteiger partial charge on any atom is -0.377 e. The summed E-state index contributed by atoms with van der Waals surface area (Å²) in [4.78, 5) is 20.5. The average Bonchev–Trinajstić information content (AvgIpc) is 3.01. The van der Waals surface area contributed by atoms with Crippen LogP contribution in [0.4, 0.5) is 0 Å². The molecule has 1 saturated carbocycles. The van der Waals surface area contributed by atoms with E-state index < -0.39 is 0 Å². The molecule has 0 N–H and O–H groups in total. The van der Waals surface area contributed by atoms with Crippen molar-refractivity contribution in [1.29, 1.82) is 0 Å². The summed E-state index contributed by atoms with van der Waals surface area (Å²) in [6.45, 7) is 2.49. The Morgan fingerprint density at radius 2 is 1.85 bits per heavy atom. The molecule has 1 amide bonds. The van der Waals surface area contributed by atoms with E-state index >= 15 is 0 Å². The van der Waals surface area contributed by atoms with Crippen molar-refractivity contribution in [1.82, 2.24) is 9.88 Å². The molecule has 4 heterocycles. The van der Waals surface area contributed by atoms with Gasteiger partial charge in [0.2, 0.25) is 5.91 Å². The zero-order chi connectivity index (χ0) is 23.4. The maximum Gasteiger partial charge on any atom is 0.228 e. The zero-order valence-corrected chi connectivity index (χ0v) is 23.0. The molecule has 34 heavy (non-hydrogen) atoms. The molecule has 1 aromatic heterocycles. The molecule has 0 radical (unpaired) electrons. The number of benzene rings is 1. The molecular formula is C27H29Br2ClN2O2. The second-order valence-electron chi connectivity index (χ2n) is 10.5. The standard InChI is InChI=1S/C27H29Br2ClN2O2/c28-19-10-18-3-2-17-11-20(30)12-22(29)24(17)25(26(18)31-13-19)16-5-7-32(8-6-16)27(33)21-9-15-1-4-23(21)34-14-15/h10-13,15-16,21,23,25H,1-9,14H2/t15?,21-,23?,25+/m0/s1. The normalized spacial score (nSPS) is 28.9. The third-order valence-corrected chi connectivity index (χ3v) is 9.81. The number of piperidine rings is 1. The quantitative estimate of drug-likeness (QED) is 0.389. The van der Waals surface area contributed by atoms with Gasteiger partial charge in [-0.25, -0.2) is 0 Å². The molecule has 5 aliphatic rings. The number of carbonyl (C=O) groups is 1. The number of fused-ring (bicyclic) bond motifs is 5. The van der Waals surface area contributed by atoms with Gasteiger partial charge in [-0.3, -0.25) is 9.78 Å². The van der Waals surface area contributed by atoms with Crippen molar-refractivity contribution in [2.75, 3.05) is 19.7 Å². The summed E-state index contributed by atoms with van der Waals surface area (Å²) in [6.07, 6.45) is 9.24. The molecule has 0 spiro atoms. The van der Waals surface area contributed by atoms with E-state index in [0.717, 1.165) is 72.2 Å². The molecule has 1 aromatic carbocycles. The smallest absolute Gasteiger partial charge is 0.228 e. The highest BCUT2D eigenvalue weighted by Gasteiger charge is 2.43. The SMILES string of the molecule is O=C([C@H]1CC2CCC1OC2)N1CCC([C@H]2c3ncc(Br)cc3CCc3cc(Cl)cc(Br)c32)CC1. The van der Waals surface area contributed by atoms with Gasteiger partial charge in [-0.1, -0.05) is 27.5 Å². The van der Waals surface area contributed by atoms with Gasteiger partial charge in [0, 0.05) is 45.8 Å². The van der Waals surface area contributed by atoms with Gasteiger partial charge in [0.15, 0.2) is 0 Å². The lowest BCUT2D eigenvalue weighted by atomic mass is 9.74. The first kappa shape index (κ1) is 23.4. The predicted octanol–water partition coefficient (Wildman–Crippen LogP) is 6.54. The highest BCUT2D eigenvalue weighted by atomic mass is 79.9. The van der Waals surface area contributed by atoms with Gasteiger partial charge >= 0.3 is 0 Å². The van der Waals surface area contributed by atoms with Crippen molar-refractivity contribution in [2.24, 2.45) is 17.8 Å². The Bertz CT molecular complexity index is 1110. The minimum absolute atomic E-state index is 0.0682. The largest absolute Gasteiger partial charge is 0.377 e. The van der Waals surface area contributed by atoms with Gasteiger partial charge in [-0.15, -0.1) is 0 Å². The van der Waals surface area contributed by atoms with Crippen LogP contribution in [0.2, 0.25) is 5.02 Å². The van der Waals surface area contributed by atoms with Crippen LogP contribution in [0.1, 0.15) is 60.4 Å². The van der Waals surface area contributed by atoms with Crippen LogP contribution < -0.4 is 0 Å². The van der Waals surface area contributed by atoms with Gasteiger partial charge in [0.25, 0.3) is 0 Å². The predicted molar refractivity (Wildman–Crippen MR) is 140 cm³/mol. The third kappa shape index (κ3) is 4.27. The Balaban J connectivity index is 1.27. The molecule has 4 atom stereocenters. The van der Waals surface area contributed by atoms with E-state index in [1.807, 2.05) is 12.3 Å². The monoisotopic (exact) mass is 606 g/mol. The Labute approximate surface area is 223 Å². The summed E-state index contributed by atoms with van der Waals surface area (Å²) in [5.41, 5.74) is 5.15. The summed E-state index contributed by atoms with van der Waals surface area (Å²) in [5.74, 6) is 1.61. The van der Waals surface area contributed by atoms with Crippen molar-refractivity contribution in [2.45, 2.75) is 57.0 Å². The Hall–Kier alpha value is -0.950. The Kier molecular flexibility index (Phi) is 6.55. The third-order valence-electron chi connectivity index (χ3n) is 8.50. The van der Waals surface area contributed by atoms with E-state index in [0.29, 0.717) is 17.7 Å². The molecule has 2 aromatic rings. The number of aryl methyl sites for hydroxylation is 2. The van der Waals surface area contributed by atoms with Gasteiger partial charge in [0.05, 0.1) is 17.7 Å². The van der Waals surface area contributed by atoms with E-state index in [1.54, 1.807) is 0 Å². The molecule has 180 valence electrons. The number of hydrogen-bond acceptors (Lipinski definition) is 3. The molecule has 7 heteroatoms. The van der Waals surface area contributed by atoms with E-state index in [4.69, 9.17) is 21.3 Å². The number of carbonyl (C=O) groups excluding carboxylic acids is 1. The van der Waals surface area contributed by atoms with Crippen LogP contribution in [0.3, 0.4) is 0 Å². The van der Waals surface area contributed by atoms with Gasteiger partial charge in [0.1, 0.15) is 0 Å². The lowest BCUT2D eigenvalue weighted by Crippen LogP contribution is -2.51. The second kappa shape index (κ2) is 9.49. The van der Waals surface area contributed by atoms with Crippen LogP contribution in [0.15, 0.2) is 33.3 Å². The van der Waals surface area contributed by atoms with Gasteiger partial charge in [-0.2, -0.15) is 0 Å². The first-order chi connectivity index (χ1) is 16.5. The molecule has 3 aliphatic heterocycles. The fourth-order valence-corrected chi connectivity index (χ4v) is 8.32. The molecule has 2 unspecified atom stereocenters. The minimum atomic E-state index is 0.0682. The van der Waals surface area contributed by atoms with Crippen molar-refractivity contribution in [3.8, 4) is 0 Å². The van der Waals surface area contributed by atoms with Crippen molar-refractivity contribution in [3.63, 3.8) is 0 Å². The lowest BCUT2D eigenvalue weighted by molar-refractivity contribution is -0.157. The van der Waals surface area contributed by atoms with Crippen LogP contribution in [0.5, 0.6) is 0 Å². The van der Waals surface area contributed by atoms with Crippen molar-refractivity contribution < 1.29 is 9.53 Å². The molecular weight excluding hydrogens is 580 g/mol. The molecule has 3 saturated heterocycles. The fraction of sp³-hybridized carbons (Fsp3) is 0.556. The second-order valence-corrected chi connectivity index (χ2v) is 12.7. The summed E-state index contributed by atoms with van der Waals surface area (Å²) in [6, 6.07) is 6.38. The summed E-state index contributed by atoms with van der Waals surface area (Å²) < 4.78 is 8.07. The Morgan fingerprint density at radius 1 is 1.06 bits per heavy atom. The van der Waals surface area contributed by atoms with Crippen LogP contribution in [0.25, 0.3) is 0 Å². The van der Waals surface area contributed by atoms with E-state index in [9.17, 15) is 4.79 Å². The fourth-order valence-electron chi connectivity index (χ4n) is 6.82. The molecule has 2 bridgehead atoms. The molecule has 2 aliphatic carbocycles. The van der Waals surface area contributed by atoms with Crippen molar-refractivity contribution >= 4 is 49.4 Å². The summed E-state index contributed by atoms with van der Waals surface area (Å²) in [7, 11) is 0. The van der Waals surface area contributed by atoms with Crippen molar-refractivity contribution in [3.05, 3.63) is 60.7 Å². The average molecular weight is 609 g/mol. The number of halogens is 3. The van der Waals surface area contributed by atoms with E-state index in [1.165, 1.54) is 28.8 Å². The zero-order valence-electron chi connectivity index (χ0n) is 19.1. The van der Waals surface area contributed by atoms with Gasteiger partial charge < -0.3 is 9.64 Å². The van der Waals surface area contributed by atoms with Crippen LogP contribution in [0, 0.1) is 17.8 Å². The highest BCUT2D eigenvalue weighted by molar-refractivity contribution is 9.10. The number of rotatable bonds is 2. The number of ether oxygens (including phenoxy) is 1. The van der Waals surface area contributed by atoms with E-state index in [2.05, 4.69) is 48.9 Å². The Morgan fingerprint density at radius 3 is 2.56 bits per heavy atom. The first-order valence-electron chi connectivity index (χ1n) is 12.5. The van der Waals surface area contributed by atoms with Crippen LogP contribution in [-0.4, -0.2) is 41.6 Å². The number of amides is 1. The highest BCUT2D eigenvalue weighted by Crippen LogP contribution is 2.46. The topological polar surface area (TPSA) is 42.4 Å². The number of hydrogen-bond donors (Lipinski definition) is 0. The van der Waals surface area contributed by atoms with Gasteiger partial charge in [-0.05, 0) is 108 Å². The number of nitrogens with zero attached hydrogens (tertiary/aromatic N) is 2. The maximum absolute atomic E-state index is 13.4. The van der Waals surface area contributed by atoms with E-state index in [-0.39, 0.29) is 17.9 Å².